The highest BCUT2D eigenvalue weighted by atomic mass is 16.3. The Labute approximate surface area is 127 Å². The zero-order valence-electron chi connectivity index (χ0n) is 13.5. The molecule has 1 fully saturated rings. The Morgan fingerprint density at radius 3 is 2.52 bits per heavy atom. The van der Waals surface area contributed by atoms with E-state index in [1.165, 1.54) is 5.56 Å². The first-order valence-electron chi connectivity index (χ1n) is 7.58. The van der Waals surface area contributed by atoms with Gasteiger partial charge in [-0.2, -0.15) is 0 Å². The van der Waals surface area contributed by atoms with Crippen LogP contribution in [0.1, 0.15) is 32.3 Å². The molecule has 4 heteroatoms. The monoisotopic (exact) mass is 290 g/mol. The zero-order valence-corrected chi connectivity index (χ0v) is 13.5. The fourth-order valence-corrected chi connectivity index (χ4v) is 2.97. The van der Waals surface area contributed by atoms with Crippen molar-refractivity contribution in [2.24, 2.45) is 0 Å². The molecule has 1 unspecified atom stereocenters. The number of hydrogen-bond acceptors (Lipinski definition) is 3. The van der Waals surface area contributed by atoms with Crippen LogP contribution in [0.4, 0.5) is 5.69 Å². The van der Waals surface area contributed by atoms with E-state index in [1.807, 2.05) is 48.0 Å². The van der Waals surface area contributed by atoms with Crippen LogP contribution in [0.15, 0.2) is 24.3 Å². The number of piperidine rings is 1. The molecule has 0 radical (unpaired) electrons. The molecule has 0 spiro atoms. The van der Waals surface area contributed by atoms with Gasteiger partial charge >= 0.3 is 0 Å². The van der Waals surface area contributed by atoms with Crippen molar-refractivity contribution < 1.29 is 9.90 Å². The van der Waals surface area contributed by atoms with Gasteiger partial charge in [0, 0.05) is 18.8 Å². The number of amides is 1. The van der Waals surface area contributed by atoms with Crippen molar-refractivity contribution in [1.29, 1.82) is 0 Å². The third-order valence-electron chi connectivity index (χ3n) is 3.92. The highest BCUT2D eigenvalue weighted by molar-refractivity contribution is 5.97. The molecule has 1 saturated heterocycles. The molecule has 1 N–H and O–H groups in total. The second-order valence-corrected chi connectivity index (χ2v) is 6.71. The van der Waals surface area contributed by atoms with Gasteiger partial charge < -0.3 is 10.0 Å². The molecule has 1 amide bonds. The van der Waals surface area contributed by atoms with Crippen LogP contribution in [-0.2, 0) is 4.79 Å². The van der Waals surface area contributed by atoms with Gasteiger partial charge in [0.25, 0.3) is 0 Å². The maximum atomic E-state index is 12.7. The van der Waals surface area contributed by atoms with E-state index < -0.39 is 5.60 Å². The normalized spacial score (nSPS) is 20.2. The quantitative estimate of drug-likeness (QED) is 0.924. The molecule has 1 aliphatic heterocycles. The van der Waals surface area contributed by atoms with Gasteiger partial charge in [-0.25, -0.2) is 0 Å². The molecule has 0 aromatic heterocycles. The Bertz CT molecular complexity index is 491. The van der Waals surface area contributed by atoms with E-state index in [0.717, 1.165) is 25.1 Å². The van der Waals surface area contributed by atoms with E-state index in [2.05, 4.69) is 0 Å². The fourth-order valence-electron chi connectivity index (χ4n) is 2.97. The highest BCUT2D eigenvalue weighted by Gasteiger charge is 2.34. The number of likely N-dealkylation sites (N-methyl/N-ethyl adjacent to an activating group) is 1. The summed E-state index contributed by atoms with van der Waals surface area (Å²) >= 11 is 0. The summed E-state index contributed by atoms with van der Waals surface area (Å²) in [5.41, 5.74) is 1.37. The smallest absolute Gasteiger partial charge is 0.244 e. The van der Waals surface area contributed by atoms with Crippen LogP contribution in [0.5, 0.6) is 0 Å². The lowest BCUT2D eigenvalue weighted by atomic mass is 10.0. The van der Waals surface area contributed by atoms with Crippen molar-refractivity contribution in [3.8, 4) is 0 Å². The van der Waals surface area contributed by atoms with Crippen molar-refractivity contribution in [3.63, 3.8) is 0 Å². The van der Waals surface area contributed by atoms with Crippen LogP contribution in [0.25, 0.3) is 0 Å². The van der Waals surface area contributed by atoms with Gasteiger partial charge in [0.05, 0.1) is 11.6 Å². The molecule has 2 rings (SSSR count). The molecule has 0 bridgehead atoms. The van der Waals surface area contributed by atoms with Crippen molar-refractivity contribution >= 4 is 11.6 Å². The summed E-state index contributed by atoms with van der Waals surface area (Å²) < 4.78 is 0. The number of carbonyl (C=O) groups excluding carboxylic acids is 1. The number of rotatable bonds is 4. The Morgan fingerprint density at radius 1 is 1.33 bits per heavy atom. The number of aliphatic hydroxyl groups is 1. The van der Waals surface area contributed by atoms with Crippen LogP contribution >= 0.6 is 0 Å². The second kappa shape index (κ2) is 6.16. The molecule has 116 valence electrons. The second-order valence-electron chi connectivity index (χ2n) is 6.71. The first-order chi connectivity index (χ1) is 9.78. The fraction of sp³-hybridized carbons (Fsp3) is 0.588. The molecular formula is C17H26N2O2. The average Bonchev–Trinajstić information content (AvgIpc) is 2.38. The predicted molar refractivity (Wildman–Crippen MR) is 85.5 cm³/mol. The number of nitrogens with zero attached hydrogens (tertiary/aromatic N) is 2. The van der Waals surface area contributed by atoms with Gasteiger partial charge in [0.1, 0.15) is 0 Å². The lowest BCUT2D eigenvalue weighted by molar-refractivity contribution is -0.125. The zero-order chi connectivity index (χ0) is 15.6. The number of hydrogen-bond donors (Lipinski definition) is 1. The number of benzene rings is 1. The molecule has 1 aromatic rings. The Morgan fingerprint density at radius 2 is 1.95 bits per heavy atom. The molecule has 4 nitrogen and oxygen atoms in total. The summed E-state index contributed by atoms with van der Waals surface area (Å²) in [7, 11) is 1.92. The number of aryl methyl sites for hydroxylation is 1. The van der Waals surface area contributed by atoms with Gasteiger partial charge in [0.15, 0.2) is 0 Å². The van der Waals surface area contributed by atoms with E-state index in [1.54, 1.807) is 13.8 Å². The minimum Gasteiger partial charge on any atom is -0.389 e. The molecule has 1 atom stereocenters. The molecule has 1 aromatic carbocycles. The molecule has 1 aliphatic rings. The van der Waals surface area contributed by atoms with Crippen LogP contribution in [0.3, 0.4) is 0 Å². The largest absolute Gasteiger partial charge is 0.389 e. The van der Waals surface area contributed by atoms with Gasteiger partial charge in [-0.1, -0.05) is 17.7 Å². The van der Waals surface area contributed by atoms with Crippen LogP contribution in [0.2, 0.25) is 0 Å². The van der Waals surface area contributed by atoms with Gasteiger partial charge in [-0.15, -0.1) is 0 Å². The maximum absolute atomic E-state index is 12.7. The van der Waals surface area contributed by atoms with Crippen molar-refractivity contribution in [2.45, 2.75) is 45.3 Å². The average molecular weight is 290 g/mol. The van der Waals surface area contributed by atoms with Gasteiger partial charge in [-0.05, 0) is 52.8 Å². The Hall–Kier alpha value is -1.39. The summed E-state index contributed by atoms with van der Waals surface area (Å²) in [5, 5.41) is 9.95. The number of anilines is 1. The highest BCUT2D eigenvalue weighted by Crippen LogP contribution is 2.24. The molecule has 1 heterocycles. The van der Waals surface area contributed by atoms with Crippen LogP contribution < -0.4 is 4.90 Å². The summed E-state index contributed by atoms with van der Waals surface area (Å²) in [6, 6.07) is 7.93. The predicted octanol–water partition coefficient (Wildman–Crippen LogP) is 2.19. The van der Waals surface area contributed by atoms with Crippen molar-refractivity contribution in [3.05, 3.63) is 29.8 Å². The van der Waals surface area contributed by atoms with Crippen molar-refractivity contribution in [2.75, 3.05) is 25.0 Å². The van der Waals surface area contributed by atoms with Gasteiger partial charge in [0.2, 0.25) is 5.91 Å². The van der Waals surface area contributed by atoms with E-state index in [9.17, 15) is 9.90 Å². The van der Waals surface area contributed by atoms with E-state index in [0.29, 0.717) is 6.54 Å². The van der Waals surface area contributed by atoms with Gasteiger partial charge in [-0.3, -0.25) is 9.69 Å². The Kier molecular flexibility index (Phi) is 4.69. The third kappa shape index (κ3) is 4.05. The SMILES string of the molecule is Cc1ccc(N2CCCC(N(C)CC(C)(C)O)C2=O)cc1. The lowest BCUT2D eigenvalue weighted by Gasteiger charge is -2.38. The Balaban J connectivity index is 2.12. The summed E-state index contributed by atoms with van der Waals surface area (Å²) in [6.07, 6.45) is 1.84. The number of carbonyl (C=O) groups is 1. The summed E-state index contributed by atoms with van der Waals surface area (Å²) in [4.78, 5) is 16.6. The lowest BCUT2D eigenvalue weighted by Crippen LogP contribution is -2.54. The molecule has 21 heavy (non-hydrogen) atoms. The first-order valence-corrected chi connectivity index (χ1v) is 7.58. The van der Waals surface area contributed by atoms with E-state index in [-0.39, 0.29) is 11.9 Å². The minimum absolute atomic E-state index is 0.136. The maximum Gasteiger partial charge on any atom is 0.244 e. The minimum atomic E-state index is -0.791. The summed E-state index contributed by atoms with van der Waals surface area (Å²) in [6.45, 7) is 6.85. The van der Waals surface area contributed by atoms with Crippen LogP contribution in [-0.4, -0.2) is 47.7 Å². The van der Waals surface area contributed by atoms with E-state index >= 15 is 0 Å². The molecule has 0 aliphatic carbocycles. The molecular weight excluding hydrogens is 264 g/mol. The summed E-state index contributed by atoms with van der Waals surface area (Å²) in [5.74, 6) is 0.136. The van der Waals surface area contributed by atoms with Crippen LogP contribution in [0, 0.1) is 6.92 Å². The molecule has 0 saturated carbocycles. The topological polar surface area (TPSA) is 43.8 Å². The standard InChI is InChI=1S/C17H26N2O2/c1-13-7-9-14(10-8-13)19-11-5-6-15(16(19)20)18(4)12-17(2,3)21/h7-10,15,21H,5-6,11-12H2,1-4H3. The van der Waals surface area contributed by atoms with E-state index in [4.69, 9.17) is 0 Å². The third-order valence-corrected chi connectivity index (χ3v) is 3.92. The first kappa shape index (κ1) is 16.0. The van der Waals surface area contributed by atoms with Crippen molar-refractivity contribution in [1.82, 2.24) is 4.90 Å².